The Kier molecular flexibility index (Phi) is 3.92. The van der Waals surface area contributed by atoms with Gasteiger partial charge in [-0.05, 0) is 24.8 Å². The van der Waals surface area contributed by atoms with Crippen LogP contribution in [0, 0.1) is 0 Å². The van der Waals surface area contributed by atoms with Crippen LogP contribution in [0.4, 0.5) is 0 Å². The molecule has 0 bridgehead atoms. The summed E-state index contributed by atoms with van der Waals surface area (Å²) < 4.78 is 26.0. The highest BCUT2D eigenvalue weighted by Crippen LogP contribution is 2.25. The molecule has 0 saturated carbocycles. The van der Waals surface area contributed by atoms with Gasteiger partial charge < -0.3 is 5.11 Å². The van der Waals surface area contributed by atoms with Crippen molar-refractivity contribution in [2.75, 3.05) is 13.1 Å². The second-order valence-corrected chi connectivity index (χ2v) is 6.89. The minimum Gasteiger partial charge on any atom is -0.373 e. The predicted molar refractivity (Wildman–Crippen MR) is 67.2 cm³/mol. The molecule has 1 heterocycles. The molecule has 1 fully saturated rings. The molecule has 1 aliphatic carbocycles. The Bertz CT molecular complexity index is 436. The minimum absolute atomic E-state index is 0.383. The van der Waals surface area contributed by atoms with Crippen molar-refractivity contribution < 1.29 is 13.5 Å². The average Bonchev–Trinajstić information content (AvgIpc) is 2.83. The third kappa shape index (κ3) is 2.73. The number of hydrogen-bond acceptors (Lipinski definition) is 3. The summed E-state index contributed by atoms with van der Waals surface area (Å²) in [6.45, 7) is 1.25. The quantitative estimate of drug-likeness (QED) is 0.790. The monoisotopic (exact) mass is 277 g/mol. The van der Waals surface area contributed by atoms with Crippen molar-refractivity contribution in [2.24, 2.45) is 0 Å². The van der Waals surface area contributed by atoms with E-state index in [4.69, 9.17) is 16.7 Å². The Labute approximate surface area is 107 Å². The summed E-state index contributed by atoms with van der Waals surface area (Å²) in [5.41, 5.74) is -0.485. The molecule has 96 valence electrons. The molecule has 2 rings (SSSR count). The first-order valence-electron chi connectivity index (χ1n) is 5.71. The van der Waals surface area contributed by atoms with Crippen LogP contribution >= 0.6 is 11.6 Å². The molecule has 0 aromatic heterocycles. The third-order valence-corrected chi connectivity index (χ3v) is 5.62. The van der Waals surface area contributed by atoms with Gasteiger partial charge in [-0.2, -0.15) is 0 Å². The van der Waals surface area contributed by atoms with Crippen LogP contribution in [0.5, 0.6) is 0 Å². The van der Waals surface area contributed by atoms with Crippen LogP contribution in [0.25, 0.3) is 0 Å². The number of aliphatic hydroxyl groups excluding tert-OH is 1. The summed E-state index contributed by atoms with van der Waals surface area (Å²) >= 11 is 5.52. The van der Waals surface area contributed by atoms with E-state index in [-0.39, 0.29) is 0 Å². The fourth-order valence-corrected chi connectivity index (χ4v) is 4.08. The molecule has 1 N–H and O–H groups in total. The largest absolute Gasteiger partial charge is 0.373 e. The van der Waals surface area contributed by atoms with Crippen molar-refractivity contribution in [3.8, 4) is 0 Å². The standard InChI is InChI=1S/C11H16ClNO3S/c12-11(14)9-3-5-10(6-4-9)17(15,16)13-7-1-2-8-13/h3-5,10-11,14H,1-2,6-8H2. The zero-order valence-corrected chi connectivity index (χ0v) is 11.0. The van der Waals surface area contributed by atoms with Crippen LogP contribution in [-0.2, 0) is 10.0 Å². The molecule has 0 spiro atoms. The van der Waals surface area contributed by atoms with Gasteiger partial charge in [0.25, 0.3) is 0 Å². The Morgan fingerprint density at radius 1 is 1.41 bits per heavy atom. The number of sulfonamides is 1. The van der Waals surface area contributed by atoms with Crippen molar-refractivity contribution in [1.82, 2.24) is 4.31 Å². The summed E-state index contributed by atoms with van der Waals surface area (Å²) in [5, 5.41) is 8.65. The van der Waals surface area contributed by atoms with Crippen LogP contribution in [-0.4, -0.2) is 41.7 Å². The number of alkyl halides is 1. The average molecular weight is 278 g/mol. The van der Waals surface area contributed by atoms with Gasteiger partial charge in [0.1, 0.15) is 0 Å². The zero-order valence-electron chi connectivity index (χ0n) is 9.42. The fourth-order valence-electron chi connectivity index (χ4n) is 2.15. The number of rotatable bonds is 3. The molecule has 0 radical (unpaired) electrons. The summed E-state index contributed by atoms with van der Waals surface area (Å²) in [6, 6.07) is 0. The van der Waals surface area contributed by atoms with E-state index in [1.807, 2.05) is 0 Å². The van der Waals surface area contributed by atoms with Crippen molar-refractivity contribution in [3.63, 3.8) is 0 Å². The van der Waals surface area contributed by atoms with E-state index in [1.54, 1.807) is 22.5 Å². The molecule has 0 amide bonds. The molecule has 2 atom stereocenters. The summed E-state index contributed by atoms with van der Waals surface area (Å²) in [6.07, 6.45) is 7.17. The van der Waals surface area contributed by atoms with Gasteiger partial charge in [-0.15, -0.1) is 0 Å². The SMILES string of the molecule is O=S(=O)(C1C=CC(C(O)Cl)=CC1)N1CCCC1. The Hall–Kier alpha value is -0.360. The van der Waals surface area contributed by atoms with E-state index in [2.05, 4.69) is 0 Å². The maximum atomic E-state index is 12.2. The summed E-state index contributed by atoms with van der Waals surface area (Å²) in [4.78, 5) is 0. The molecule has 2 aliphatic rings. The third-order valence-electron chi connectivity index (χ3n) is 3.17. The molecular weight excluding hydrogens is 262 g/mol. The van der Waals surface area contributed by atoms with E-state index in [1.165, 1.54) is 0 Å². The smallest absolute Gasteiger partial charge is 0.220 e. The van der Waals surface area contributed by atoms with Crippen LogP contribution in [0.2, 0.25) is 0 Å². The molecule has 0 aromatic rings. The molecular formula is C11H16ClNO3S. The highest BCUT2D eigenvalue weighted by molar-refractivity contribution is 7.89. The van der Waals surface area contributed by atoms with Gasteiger partial charge >= 0.3 is 0 Å². The van der Waals surface area contributed by atoms with Crippen LogP contribution in [0.3, 0.4) is 0 Å². The summed E-state index contributed by atoms with van der Waals surface area (Å²) in [5.74, 6) is 0. The zero-order chi connectivity index (χ0) is 12.5. The number of allylic oxidation sites excluding steroid dienone is 1. The lowest BCUT2D eigenvalue weighted by Crippen LogP contribution is -2.36. The van der Waals surface area contributed by atoms with E-state index >= 15 is 0 Å². The van der Waals surface area contributed by atoms with Gasteiger partial charge in [0.05, 0.1) is 5.25 Å². The van der Waals surface area contributed by atoms with E-state index in [0.717, 1.165) is 12.8 Å². The molecule has 1 saturated heterocycles. The topological polar surface area (TPSA) is 57.6 Å². The highest BCUT2D eigenvalue weighted by atomic mass is 35.5. The molecule has 0 aromatic carbocycles. The van der Waals surface area contributed by atoms with Crippen molar-refractivity contribution in [1.29, 1.82) is 0 Å². The van der Waals surface area contributed by atoms with Crippen LogP contribution < -0.4 is 0 Å². The first-order valence-corrected chi connectivity index (χ1v) is 7.65. The van der Waals surface area contributed by atoms with E-state index in [0.29, 0.717) is 25.1 Å². The molecule has 2 unspecified atom stereocenters. The Balaban J connectivity index is 2.09. The predicted octanol–water partition coefficient (Wildman–Crippen LogP) is 1.22. The number of aliphatic hydroxyl groups is 1. The second-order valence-electron chi connectivity index (χ2n) is 4.32. The van der Waals surface area contributed by atoms with Crippen molar-refractivity contribution >= 4 is 21.6 Å². The highest BCUT2D eigenvalue weighted by Gasteiger charge is 2.32. The number of halogens is 1. The van der Waals surface area contributed by atoms with Crippen LogP contribution in [0.15, 0.2) is 23.8 Å². The molecule has 6 heteroatoms. The molecule has 1 aliphatic heterocycles. The van der Waals surface area contributed by atoms with Gasteiger partial charge in [-0.3, -0.25) is 0 Å². The minimum atomic E-state index is -3.23. The fraction of sp³-hybridized carbons (Fsp3) is 0.636. The van der Waals surface area contributed by atoms with Gasteiger partial charge in [0, 0.05) is 13.1 Å². The normalized spacial score (nSPS) is 28.1. The molecule has 4 nitrogen and oxygen atoms in total. The first kappa shape index (κ1) is 13.1. The van der Waals surface area contributed by atoms with Crippen LogP contribution in [0.1, 0.15) is 19.3 Å². The number of nitrogens with zero attached hydrogens (tertiary/aromatic N) is 1. The maximum absolute atomic E-state index is 12.2. The van der Waals surface area contributed by atoms with Crippen molar-refractivity contribution in [2.45, 2.75) is 30.1 Å². The number of hydrogen-bond donors (Lipinski definition) is 1. The van der Waals surface area contributed by atoms with Gasteiger partial charge in [0.15, 0.2) is 5.56 Å². The first-order chi connectivity index (χ1) is 8.01. The second kappa shape index (κ2) is 5.10. The lowest BCUT2D eigenvalue weighted by Gasteiger charge is -2.23. The van der Waals surface area contributed by atoms with Gasteiger partial charge in [-0.1, -0.05) is 29.8 Å². The van der Waals surface area contributed by atoms with Crippen molar-refractivity contribution in [3.05, 3.63) is 23.8 Å². The van der Waals surface area contributed by atoms with Gasteiger partial charge in [-0.25, -0.2) is 12.7 Å². The van der Waals surface area contributed by atoms with E-state index in [9.17, 15) is 8.42 Å². The molecule has 17 heavy (non-hydrogen) atoms. The Morgan fingerprint density at radius 2 is 2.06 bits per heavy atom. The summed E-state index contributed by atoms with van der Waals surface area (Å²) in [7, 11) is -3.23. The maximum Gasteiger partial charge on any atom is 0.220 e. The lowest BCUT2D eigenvalue weighted by atomic mass is 10.1. The van der Waals surface area contributed by atoms with E-state index < -0.39 is 20.8 Å². The Morgan fingerprint density at radius 3 is 2.53 bits per heavy atom. The van der Waals surface area contributed by atoms with Gasteiger partial charge in [0.2, 0.25) is 10.0 Å². The lowest BCUT2D eigenvalue weighted by molar-refractivity contribution is 0.294.